The highest BCUT2D eigenvalue weighted by Gasteiger charge is 2.16. The smallest absolute Gasteiger partial charge is 0.228 e. The molecule has 1 amide bonds. The van der Waals surface area contributed by atoms with E-state index < -0.39 is 0 Å². The van der Waals surface area contributed by atoms with E-state index in [0.717, 1.165) is 22.4 Å². The Kier molecular flexibility index (Phi) is 4.76. The Bertz CT molecular complexity index is 602. The minimum absolute atomic E-state index is 0.0244. The van der Waals surface area contributed by atoms with Crippen molar-refractivity contribution < 1.29 is 4.79 Å². The van der Waals surface area contributed by atoms with Gasteiger partial charge in [0.2, 0.25) is 5.91 Å². The Morgan fingerprint density at radius 3 is 2.24 bits per heavy atom. The van der Waals surface area contributed by atoms with Crippen molar-refractivity contribution >= 4 is 11.6 Å². The number of nitrogens with two attached hydrogens (primary N) is 1. The van der Waals surface area contributed by atoms with E-state index in [1.807, 2.05) is 56.3 Å². The zero-order valence-electron chi connectivity index (χ0n) is 12.8. The van der Waals surface area contributed by atoms with E-state index in [1.54, 1.807) is 11.9 Å². The van der Waals surface area contributed by atoms with Crippen LogP contribution in [0.2, 0.25) is 0 Å². The van der Waals surface area contributed by atoms with Crippen LogP contribution in [0.5, 0.6) is 0 Å². The van der Waals surface area contributed by atoms with Gasteiger partial charge >= 0.3 is 0 Å². The third-order valence-electron chi connectivity index (χ3n) is 3.59. The van der Waals surface area contributed by atoms with Crippen molar-refractivity contribution in [3.8, 4) is 0 Å². The van der Waals surface area contributed by atoms with Crippen LogP contribution in [-0.4, -0.2) is 13.0 Å². The average molecular weight is 282 g/mol. The van der Waals surface area contributed by atoms with E-state index >= 15 is 0 Å². The summed E-state index contributed by atoms with van der Waals surface area (Å²) in [7, 11) is 1.80. The van der Waals surface area contributed by atoms with Gasteiger partial charge in [-0.2, -0.15) is 0 Å². The van der Waals surface area contributed by atoms with Crippen LogP contribution >= 0.6 is 0 Å². The molecule has 3 heteroatoms. The minimum Gasteiger partial charge on any atom is -0.324 e. The molecule has 0 fully saturated rings. The van der Waals surface area contributed by atoms with Crippen LogP contribution in [0.15, 0.2) is 48.5 Å². The highest BCUT2D eigenvalue weighted by atomic mass is 16.2. The summed E-state index contributed by atoms with van der Waals surface area (Å²) < 4.78 is 0. The first-order valence-electron chi connectivity index (χ1n) is 7.13. The van der Waals surface area contributed by atoms with Gasteiger partial charge < -0.3 is 10.6 Å². The van der Waals surface area contributed by atoms with E-state index in [4.69, 9.17) is 5.73 Å². The lowest BCUT2D eigenvalue weighted by Gasteiger charge is -2.21. The summed E-state index contributed by atoms with van der Waals surface area (Å²) in [6.45, 7) is 4.06. The fourth-order valence-corrected chi connectivity index (χ4v) is 2.43. The molecule has 1 atom stereocenters. The maximum Gasteiger partial charge on any atom is 0.228 e. The zero-order valence-corrected chi connectivity index (χ0v) is 12.8. The lowest BCUT2D eigenvalue weighted by atomic mass is 10.0. The molecule has 0 aliphatic heterocycles. The van der Waals surface area contributed by atoms with E-state index in [1.165, 1.54) is 0 Å². The molecule has 0 saturated carbocycles. The first-order chi connectivity index (χ1) is 9.97. The van der Waals surface area contributed by atoms with Gasteiger partial charge in [-0.15, -0.1) is 0 Å². The zero-order chi connectivity index (χ0) is 15.4. The van der Waals surface area contributed by atoms with Crippen LogP contribution in [0.4, 0.5) is 5.69 Å². The number of hydrogen-bond donors (Lipinski definition) is 1. The Balaban J connectivity index is 2.09. The van der Waals surface area contributed by atoms with Crippen molar-refractivity contribution in [3.63, 3.8) is 0 Å². The van der Waals surface area contributed by atoms with E-state index in [2.05, 4.69) is 6.07 Å². The van der Waals surface area contributed by atoms with E-state index in [9.17, 15) is 4.79 Å². The average Bonchev–Trinajstić information content (AvgIpc) is 2.46. The van der Waals surface area contributed by atoms with Gasteiger partial charge in [0, 0.05) is 25.2 Å². The summed E-state index contributed by atoms with van der Waals surface area (Å²) >= 11 is 0. The molecule has 0 aromatic heterocycles. The number of amides is 1. The number of aryl methyl sites for hydroxylation is 2. The van der Waals surface area contributed by atoms with Gasteiger partial charge in [0.15, 0.2) is 0 Å². The van der Waals surface area contributed by atoms with Crippen LogP contribution in [-0.2, 0) is 4.79 Å². The van der Waals surface area contributed by atoms with Crippen LogP contribution < -0.4 is 10.6 Å². The molecule has 3 nitrogen and oxygen atoms in total. The number of hydrogen-bond acceptors (Lipinski definition) is 2. The molecule has 0 heterocycles. The third-order valence-corrected chi connectivity index (χ3v) is 3.59. The Morgan fingerprint density at radius 2 is 1.67 bits per heavy atom. The number of carbonyl (C=O) groups excluding carboxylic acids is 1. The summed E-state index contributed by atoms with van der Waals surface area (Å²) in [5.41, 5.74) is 10.3. The standard InChI is InChI=1S/C18H22N2O/c1-13-9-14(2)11-16(10-13)20(3)18(21)12-17(19)15-7-5-4-6-8-15/h4-11,17H,12,19H2,1-3H3. The van der Waals surface area contributed by atoms with Crippen LogP contribution in [0, 0.1) is 13.8 Å². The van der Waals surface area contributed by atoms with Crippen LogP contribution in [0.1, 0.15) is 29.2 Å². The first-order valence-corrected chi connectivity index (χ1v) is 7.13. The highest BCUT2D eigenvalue weighted by molar-refractivity contribution is 5.93. The topological polar surface area (TPSA) is 46.3 Å². The fraction of sp³-hybridized carbons (Fsp3) is 0.278. The lowest BCUT2D eigenvalue weighted by Crippen LogP contribution is -2.29. The van der Waals surface area contributed by atoms with Crippen molar-refractivity contribution in [2.24, 2.45) is 5.73 Å². The molecule has 2 N–H and O–H groups in total. The van der Waals surface area contributed by atoms with E-state index in [0.29, 0.717) is 6.42 Å². The predicted octanol–water partition coefficient (Wildman–Crippen LogP) is 3.36. The summed E-state index contributed by atoms with van der Waals surface area (Å²) in [5, 5.41) is 0. The Morgan fingerprint density at radius 1 is 1.10 bits per heavy atom. The van der Waals surface area contributed by atoms with Crippen LogP contribution in [0.25, 0.3) is 0 Å². The molecule has 1 unspecified atom stereocenters. The summed E-state index contributed by atoms with van der Waals surface area (Å²) in [6, 6.07) is 15.6. The number of nitrogens with zero attached hydrogens (tertiary/aromatic N) is 1. The first kappa shape index (κ1) is 15.3. The van der Waals surface area contributed by atoms with Gasteiger partial charge in [0.05, 0.1) is 0 Å². The van der Waals surface area contributed by atoms with Crippen molar-refractivity contribution in [2.75, 3.05) is 11.9 Å². The molecule has 2 rings (SSSR count). The van der Waals surface area contributed by atoms with Crippen molar-refractivity contribution in [1.29, 1.82) is 0 Å². The quantitative estimate of drug-likeness (QED) is 0.934. The molecule has 0 spiro atoms. The SMILES string of the molecule is Cc1cc(C)cc(N(C)C(=O)CC(N)c2ccccc2)c1. The maximum atomic E-state index is 12.4. The molecule has 0 bridgehead atoms. The number of rotatable bonds is 4. The molecule has 21 heavy (non-hydrogen) atoms. The number of benzene rings is 2. The monoisotopic (exact) mass is 282 g/mol. The van der Waals surface area contributed by atoms with Gasteiger partial charge in [-0.3, -0.25) is 4.79 Å². The third kappa shape index (κ3) is 3.92. The second kappa shape index (κ2) is 6.55. The molecule has 0 aliphatic carbocycles. The second-order valence-electron chi connectivity index (χ2n) is 5.52. The van der Waals surface area contributed by atoms with Crippen molar-refractivity contribution in [1.82, 2.24) is 0 Å². The number of carbonyl (C=O) groups is 1. The Labute approximate surface area is 126 Å². The second-order valence-corrected chi connectivity index (χ2v) is 5.52. The van der Waals surface area contributed by atoms with Crippen LogP contribution in [0.3, 0.4) is 0 Å². The predicted molar refractivity (Wildman–Crippen MR) is 87.3 cm³/mol. The lowest BCUT2D eigenvalue weighted by molar-refractivity contribution is -0.118. The minimum atomic E-state index is -0.271. The summed E-state index contributed by atoms with van der Waals surface area (Å²) in [4.78, 5) is 14.1. The van der Waals surface area contributed by atoms with Gasteiger partial charge in [-0.1, -0.05) is 36.4 Å². The largest absolute Gasteiger partial charge is 0.324 e. The molecule has 0 radical (unpaired) electrons. The van der Waals surface area contributed by atoms with Gasteiger partial charge in [-0.05, 0) is 42.7 Å². The molecule has 0 saturated heterocycles. The van der Waals surface area contributed by atoms with Crippen molar-refractivity contribution in [2.45, 2.75) is 26.3 Å². The summed E-state index contributed by atoms with van der Waals surface area (Å²) in [6.07, 6.45) is 0.299. The maximum absolute atomic E-state index is 12.4. The van der Waals surface area contributed by atoms with Gasteiger partial charge in [0.1, 0.15) is 0 Å². The Hall–Kier alpha value is -2.13. The number of anilines is 1. The van der Waals surface area contributed by atoms with Gasteiger partial charge in [-0.25, -0.2) is 0 Å². The molecular formula is C18H22N2O. The highest BCUT2D eigenvalue weighted by Crippen LogP contribution is 2.20. The molecule has 2 aromatic rings. The van der Waals surface area contributed by atoms with E-state index in [-0.39, 0.29) is 11.9 Å². The molecule has 110 valence electrons. The molecular weight excluding hydrogens is 260 g/mol. The van der Waals surface area contributed by atoms with Crippen molar-refractivity contribution in [3.05, 3.63) is 65.2 Å². The molecule has 2 aromatic carbocycles. The fourth-order valence-electron chi connectivity index (χ4n) is 2.43. The normalized spacial score (nSPS) is 12.0. The molecule has 0 aliphatic rings. The van der Waals surface area contributed by atoms with Gasteiger partial charge in [0.25, 0.3) is 0 Å². The summed E-state index contributed by atoms with van der Waals surface area (Å²) in [5.74, 6) is 0.0244.